The predicted octanol–water partition coefficient (Wildman–Crippen LogP) is 3.53. The van der Waals surface area contributed by atoms with E-state index >= 15 is 0 Å². The molecular formula is C15H21N3. The highest BCUT2D eigenvalue weighted by Crippen LogP contribution is 2.14. The van der Waals surface area contributed by atoms with Crippen LogP contribution < -0.4 is 5.32 Å². The SMILES string of the molecule is CCC(CC)Nc1cccc(Cn2cccn2)c1. The average Bonchev–Trinajstić information content (AvgIpc) is 2.89. The first-order valence-electron chi connectivity index (χ1n) is 6.64. The number of hydrogen-bond acceptors (Lipinski definition) is 2. The summed E-state index contributed by atoms with van der Waals surface area (Å²) in [6.07, 6.45) is 6.10. The first kappa shape index (κ1) is 12.7. The zero-order valence-electron chi connectivity index (χ0n) is 11.1. The molecule has 2 aromatic rings. The van der Waals surface area contributed by atoms with Gasteiger partial charge in [-0.05, 0) is 36.6 Å². The molecule has 1 aromatic heterocycles. The van der Waals surface area contributed by atoms with Gasteiger partial charge in [-0.3, -0.25) is 4.68 Å². The van der Waals surface area contributed by atoms with E-state index in [0.29, 0.717) is 6.04 Å². The van der Waals surface area contributed by atoms with Gasteiger partial charge in [0.25, 0.3) is 0 Å². The van der Waals surface area contributed by atoms with Crippen LogP contribution in [0.4, 0.5) is 5.69 Å². The molecular weight excluding hydrogens is 222 g/mol. The second-order valence-electron chi connectivity index (χ2n) is 4.56. The monoisotopic (exact) mass is 243 g/mol. The second-order valence-corrected chi connectivity index (χ2v) is 4.56. The molecule has 0 aliphatic heterocycles. The molecule has 0 bridgehead atoms. The Kier molecular flexibility index (Phi) is 4.40. The van der Waals surface area contributed by atoms with Gasteiger partial charge in [-0.15, -0.1) is 0 Å². The van der Waals surface area contributed by atoms with Crippen LogP contribution in [0.1, 0.15) is 32.3 Å². The Balaban J connectivity index is 2.05. The van der Waals surface area contributed by atoms with E-state index in [2.05, 4.69) is 48.5 Å². The summed E-state index contributed by atoms with van der Waals surface area (Å²) in [6, 6.07) is 11.1. The third kappa shape index (κ3) is 3.36. The fraction of sp³-hybridized carbons (Fsp3) is 0.400. The molecule has 1 heterocycles. The van der Waals surface area contributed by atoms with E-state index < -0.39 is 0 Å². The van der Waals surface area contributed by atoms with Gasteiger partial charge in [0.2, 0.25) is 0 Å². The molecule has 0 saturated carbocycles. The fourth-order valence-corrected chi connectivity index (χ4v) is 2.07. The molecule has 2 rings (SSSR count). The van der Waals surface area contributed by atoms with Crippen LogP contribution in [0, 0.1) is 0 Å². The zero-order chi connectivity index (χ0) is 12.8. The molecule has 0 saturated heterocycles. The number of hydrogen-bond donors (Lipinski definition) is 1. The molecule has 0 amide bonds. The molecule has 96 valence electrons. The lowest BCUT2D eigenvalue weighted by Gasteiger charge is -2.16. The van der Waals surface area contributed by atoms with E-state index in [-0.39, 0.29) is 0 Å². The van der Waals surface area contributed by atoms with Crippen molar-refractivity contribution >= 4 is 5.69 Å². The molecule has 0 aliphatic rings. The van der Waals surface area contributed by atoms with Gasteiger partial charge < -0.3 is 5.32 Å². The third-order valence-corrected chi connectivity index (χ3v) is 3.19. The Bertz CT molecular complexity index is 458. The Hall–Kier alpha value is -1.77. The molecule has 0 radical (unpaired) electrons. The van der Waals surface area contributed by atoms with Crippen LogP contribution in [-0.4, -0.2) is 15.8 Å². The van der Waals surface area contributed by atoms with Gasteiger partial charge in [0.15, 0.2) is 0 Å². The summed E-state index contributed by atoms with van der Waals surface area (Å²) in [5.74, 6) is 0. The van der Waals surface area contributed by atoms with Crippen LogP contribution in [0.5, 0.6) is 0 Å². The van der Waals surface area contributed by atoms with E-state index in [1.165, 1.54) is 11.3 Å². The van der Waals surface area contributed by atoms with Crippen molar-refractivity contribution in [1.82, 2.24) is 9.78 Å². The molecule has 18 heavy (non-hydrogen) atoms. The van der Waals surface area contributed by atoms with Crippen LogP contribution in [-0.2, 0) is 6.54 Å². The molecule has 1 N–H and O–H groups in total. The van der Waals surface area contributed by atoms with Gasteiger partial charge in [0, 0.05) is 24.1 Å². The van der Waals surface area contributed by atoms with Crippen LogP contribution in [0.3, 0.4) is 0 Å². The van der Waals surface area contributed by atoms with Crippen molar-refractivity contribution in [2.75, 3.05) is 5.32 Å². The second kappa shape index (κ2) is 6.24. The van der Waals surface area contributed by atoms with Crippen LogP contribution >= 0.6 is 0 Å². The number of nitrogens with one attached hydrogen (secondary N) is 1. The first-order chi connectivity index (χ1) is 8.81. The number of aromatic nitrogens is 2. The molecule has 0 spiro atoms. The summed E-state index contributed by atoms with van der Waals surface area (Å²) < 4.78 is 1.94. The van der Waals surface area contributed by atoms with Gasteiger partial charge in [0.1, 0.15) is 0 Å². The van der Waals surface area contributed by atoms with Gasteiger partial charge >= 0.3 is 0 Å². The van der Waals surface area contributed by atoms with Gasteiger partial charge in [-0.2, -0.15) is 5.10 Å². The van der Waals surface area contributed by atoms with E-state index in [9.17, 15) is 0 Å². The van der Waals surface area contributed by atoms with Crippen molar-refractivity contribution in [3.05, 3.63) is 48.3 Å². The quantitative estimate of drug-likeness (QED) is 0.841. The Labute approximate surface area is 109 Å². The minimum absolute atomic E-state index is 0.560. The summed E-state index contributed by atoms with van der Waals surface area (Å²) in [7, 11) is 0. The van der Waals surface area contributed by atoms with Gasteiger partial charge in [-0.1, -0.05) is 26.0 Å². The maximum absolute atomic E-state index is 4.23. The standard InChI is InChI=1S/C15H21N3/c1-3-14(4-2)17-15-8-5-7-13(11-15)12-18-10-6-9-16-18/h5-11,14,17H,3-4,12H2,1-2H3. The topological polar surface area (TPSA) is 29.9 Å². The van der Waals surface area contributed by atoms with Gasteiger partial charge in [0.05, 0.1) is 6.54 Å². The Morgan fingerprint density at radius 3 is 2.72 bits per heavy atom. The molecule has 0 fully saturated rings. The summed E-state index contributed by atoms with van der Waals surface area (Å²) in [5.41, 5.74) is 2.48. The first-order valence-corrected chi connectivity index (χ1v) is 6.64. The van der Waals surface area contributed by atoms with Crippen LogP contribution in [0.25, 0.3) is 0 Å². The van der Waals surface area contributed by atoms with Gasteiger partial charge in [-0.25, -0.2) is 0 Å². The van der Waals surface area contributed by atoms with Crippen molar-refractivity contribution in [1.29, 1.82) is 0 Å². The summed E-state index contributed by atoms with van der Waals surface area (Å²) >= 11 is 0. The predicted molar refractivity (Wildman–Crippen MR) is 75.8 cm³/mol. The Morgan fingerprint density at radius 2 is 2.06 bits per heavy atom. The zero-order valence-corrected chi connectivity index (χ0v) is 11.1. The lowest BCUT2D eigenvalue weighted by atomic mass is 10.1. The highest BCUT2D eigenvalue weighted by molar-refractivity contribution is 5.46. The van der Waals surface area contributed by atoms with E-state index in [0.717, 1.165) is 19.4 Å². The van der Waals surface area contributed by atoms with Crippen molar-refractivity contribution in [2.45, 2.75) is 39.3 Å². The lowest BCUT2D eigenvalue weighted by molar-refractivity contribution is 0.669. The molecule has 3 nitrogen and oxygen atoms in total. The summed E-state index contributed by atoms with van der Waals surface area (Å²) in [5, 5.41) is 7.80. The van der Waals surface area contributed by atoms with Crippen molar-refractivity contribution in [3.63, 3.8) is 0 Å². The molecule has 3 heteroatoms. The van der Waals surface area contributed by atoms with E-state index in [4.69, 9.17) is 0 Å². The Morgan fingerprint density at radius 1 is 1.22 bits per heavy atom. The highest BCUT2D eigenvalue weighted by atomic mass is 15.3. The maximum atomic E-state index is 4.23. The number of anilines is 1. The minimum atomic E-state index is 0.560. The highest BCUT2D eigenvalue weighted by Gasteiger charge is 2.03. The van der Waals surface area contributed by atoms with Crippen molar-refractivity contribution in [2.24, 2.45) is 0 Å². The van der Waals surface area contributed by atoms with Crippen molar-refractivity contribution in [3.8, 4) is 0 Å². The van der Waals surface area contributed by atoms with Crippen LogP contribution in [0.2, 0.25) is 0 Å². The molecule has 0 unspecified atom stereocenters. The molecule has 0 atom stereocenters. The average molecular weight is 243 g/mol. The molecule has 0 aliphatic carbocycles. The smallest absolute Gasteiger partial charge is 0.0660 e. The van der Waals surface area contributed by atoms with E-state index in [1.807, 2.05) is 23.1 Å². The van der Waals surface area contributed by atoms with Crippen LogP contribution in [0.15, 0.2) is 42.7 Å². The minimum Gasteiger partial charge on any atom is -0.382 e. The summed E-state index contributed by atoms with van der Waals surface area (Å²) in [4.78, 5) is 0. The number of nitrogens with zero attached hydrogens (tertiary/aromatic N) is 2. The molecule has 1 aromatic carbocycles. The van der Waals surface area contributed by atoms with Crippen molar-refractivity contribution < 1.29 is 0 Å². The normalized spacial score (nSPS) is 10.8. The number of rotatable bonds is 6. The third-order valence-electron chi connectivity index (χ3n) is 3.19. The fourth-order valence-electron chi connectivity index (χ4n) is 2.07. The lowest BCUT2D eigenvalue weighted by Crippen LogP contribution is -2.17. The van der Waals surface area contributed by atoms with E-state index in [1.54, 1.807) is 0 Å². The number of benzene rings is 1. The maximum Gasteiger partial charge on any atom is 0.0660 e. The largest absolute Gasteiger partial charge is 0.382 e. The summed E-state index contributed by atoms with van der Waals surface area (Å²) in [6.45, 7) is 5.26.